The summed E-state index contributed by atoms with van der Waals surface area (Å²) in [5.41, 5.74) is 1.77. The number of hydrogen-bond acceptors (Lipinski definition) is 5. The van der Waals surface area contributed by atoms with Gasteiger partial charge in [0, 0.05) is 48.8 Å². The van der Waals surface area contributed by atoms with Crippen LogP contribution in [0.25, 0.3) is 11.1 Å². The fourth-order valence-corrected chi connectivity index (χ4v) is 5.32. The van der Waals surface area contributed by atoms with E-state index in [0.717, 1.165) is 5.56 Å². The number of carbonyl (C=O) groups is 2. The molecule has 1 aromatic carbocycles. The Bertz CT molecular complexity index is 1140. The lowest BCUT2D eigenvalue weighted by molar-refractivity contribution is -0.126. The highest BCUT2D eigenvalue weighted by Crippen LogP contribution is 2.49. The van der Waals surface area contributed by atoms with Crippen LogP contribution < -0.4 is 20.9 Å². The molecule has 0 saturated carbocycles. The van der Waals surface area contributed by atoms with Gasteiger partial charge >= 0.3 is 6.03 Å². The highest BCUT2D eigenvalue weighted by Gasteiger charge is 2.57. The lowest BCUT2D eigenvalue weighted by atomic mass is 9.88. The SMILES string of the molecule is CCNC(=O)[C@@H]1[C@@H](CO)[C@@H]2Cn3c(ccc(-c4cccc(OC)c4)c3=O)[C@@H]2N1C(=O)NC(C)C. The largest absolute Gasteiger partial charge is 0.497 e. The first-order valence-corrected chi connectivity index (χ1v) is 11.7. The van der Waals surface area contributed by atoms with Gasteiger partial charge in [-0.05, 0) is 50.6 Å². The molecule has 2 aliphatic heterocycles. The zero-order valence-electron chi connectivity index (χ0n) is 19.9. The molecule has 4 atom stereocenters. The number of methoxy groups -OCH3 is 1. The Kier molecular flexibility index (Phi) is 6.65. The quantitative estimate of drug-likeness (QED) is 0.598. The maximum atomic E-state index is 13.5. The van der Waals surface area contributed by atoms with Crippen LogP contribution in [0.4, 0.5) is 4.79 Å². The van der Waals surface area contributed by atoms with Gasteiger partial charge in [0.2, 0.25) is 5.91 Å². The molecule has 1 aromatic heterocycles. The van der Waals surface area contributed by atoms with Gasteiger partial charge in [-0.3, -0.25) is 9.59 Å². The number of amides is 3. The first-order valence-electron chi connectivity index (χ1n) is 11.7. The molecule has 3 amide bonds. The number of aromatic nitrogens is 1. The maximum absolute atomic E-state index is 13.5. The van der Waals surface area contributed by atoms with Gasteiger partial charge < -0.3 is 29.9 Å². The molecule has 9 heteroatoms. The topological polar surface area (TPSA) is 113 Å². The molecule has 1 saturated heterocycles. The number of hydrogen-bond donors (Lipinski definition) is 3. The molecule has 0 bridgehead atoms. The summed E-state index contributed by atoms with van der Waals surface area (Å²) < 4.78 is 6.98. The third kappa shape index (κ3) is 3.94. The summed E-state index contributed by atoms with van der Waals surface area (Å²) >= 11 is 0. The Morgan fingerprint density at radius 1 is 1.24 bits per heavy atom. The standard InChI is InChI=1S/C25H32N4O5/c1-5-26-23(31)22-19(13-30)18-12-28-20(21(18)29(22)25(33)27-14(2)3)10-9-17(24(28)32)15-7-6-8-16(11-15)34-4/h6-11,14,18-19,21-22,30H,5,12-13H2,1-4H3,(H,26,31)(H,27,33)/t18-,19-,21+,22-/m0/s1. The summed E-state index contributed by atoms with van der Waals surface area (Å²) in [5, 5.41) is 16.0. The Labute approximate surface area is 198 Å². The van der Waals surface area contributed by atoms with Gasteiger partial charge in [-0.15, -0.1) is 0 Å². The molecular weight excluding hydrogens is 436 g/mol. The van der Waals surface area contributed by atoms with Gasteiger partial charge in [0.15, 0.2) is 0 Å². The zero-order chi connectivity index (χ0) is 24.6. The molecule has 4 rings (SSSR count). The number of pyridine rings is 1. The van der Waals surface area contributed by atoms with E-state index < -0.39 is 18.0 Å². The van der Waals surface area contributed by atoms with Crippen LogP contribution in [-0.2, 0) is 11.3 Å². The minimum atomic E-state index is -0.819. The molecule has 0 radical (unpaired) electrons. The van der Waals surface area contributed by atoms with Crippen molar-refractivity contribution in [1.29, 1.82) is 0 Å². The summed E-state index contributed by atoms with van der Waals surface area (Å²) in [6, 6.07) is 9.10. The predicted molar refractivity (Wildman–Crippen MR) is 127 cm³/mol. The predicted octanol–water partition coefficient (Wildman–Crippen LogP) is 1.74. The Hall–Kier alpha value is -3.33. The number of fused-ring (bicyclic) bond motifs is 3. The summed E-state index contributed by atoms with van der Waals surface area (Å²) in [7, 11) is 1.58. The number of aliphatic hydroxyl groups is 1. The Balaban J connectivity index is 1.80. The van der Waals surface area contributed by atoms with Gasteiger partial charge in [0.1, 0.15) is 11.8 Å². The number of rotatable bonds is 6. The highest BCUT2D eigenvalue weighted by atomic mass is 16.5. The van der Waals surface area contributed by atoms with Crippen molar-refractivity contribution in [2.75, 3.05) is 20.3 Å². The molecule has 0 spiro atoms. The highest BCUT2D eigenvalue weighted by molar-refractivity contribution is 5.88. The average Bonchev–Trinajstić information content (AvgIpc) is 3.34. The van der Waals surface area contributed by atoms with Crippen molar-refractivity contribution in [2.24, 2.45) is 11.8 Å². The van der Waals surface area contributed by atoms with Gasteiger partial charge in [0.25, 0.3) is 5.56 Å². The molecule has 0 unspecified atom stereocenters. The lowest BCUT2D eigenvalue weighted by Crippen LogP contribution is -2.54. The lowest BCUT2D eigenvalue weighted by Gasteiger charge is -2.31. The average molecular weight is 469 g/mol. The van der Waals surface area contributed by atoms with Crippen molar-refractivity contribution < 1.29 is 19.4 Å². The van der Waals surface area contributed by atoms with Gasteiger partial charge in [-0.25, -0.2) is 4.79 Å². The Morgan fingerprint density at radius 2 is 2.00 bits per heavy atom. The van der Waals surface area contributed by atoms with Crippen LogP contribution in [0.15, 0.2) is 41.2 Å². The first kappa shape index (κ1) is 23.8. The fourth-order valence-electron chi connectivity index (χ4n) is 5.32. The summed E-state index contributed by atoms with van der Waals surface area (Å²) in [6.07, 6.45) is 0. The van der Waals surface area contributed by atoms with E-state index in [1.54, 1.807) is 17.7 Å². The number of aliphatic hydroxyl groups excluding tert-OH is 1. The third-order valence-electron chi connectivity index (χ3n) is 6.72. The first-order chi connectivity index (χ1) is 16.3. The van der Waals surface area contributed by atoms with Gasteiger partial charge in [-0.2, -0.15) is 0 Å². The van der Waals surface area contributed by atoms with Crippen LogP contribution in [0.1, 0.15) is 32.5 Å². The van der Waals surface area contributed by atoms with Gasteiger partial charge in [-0.1, -0.05) is 12.1 Å². The van der Waals surface area contributed by atoms with Crippen LogP contribution in [0, 0.1) is 11.8 Å². The van der Waals surface area contributed by atoms with E-state index in [4.69, 9.17) is 4.74 Å². The number of carbonyl (C=O) groups excluding carboxylic acids is 2. The van der Waals surface area contributed by atoms with Crippen molar-refractivity contribution >= 4 is 11.9 Å². The zero-order valence-corrected chi connectivity index (χ0v) is 19.9. The minimum absolute atomic E-state index is 0.131. The van der Waals surface area contributed by atoms with Crippen molar-refractivity contribution in [3.05, 3.63) is 52.4 Å². The number of nitrogens with one attached hydrogen (secondary N) is 2. The number of urea groups is 1. The molecule has 3 N–H and O–H groups in total. The van der Waals surface area contributed by atoms with Crippen LogP contribution in [0.3, 0.4) is 0 Å². The third-order valence-corrected chi connectivity index (χ3v) is 6.72. The van der Waals surface area contributed by atoms with Crippen LogP contribution in [0.5, 0.6) is 5.75 Å². The van der Waals surface area contributed by atoms with Crippen LogP contribution >= 0.6 is 0 Å². The van der Waals surface area contributed by atoms with E-state index in [9.17, 15) is 19.5 Å². The van der Waals surface area contributed by atoms with E-state index >= 15 is 0 Å². The monoisotopic (exact) mass is 468 g/mol. The van der Waals surface area contributed by atoms with E-state index in [1.807, 2.05) is 51.1 Å². The molecule has 2 aliphatic rings. The van der Waals surface area contributed by atoms with Gasteiger partial charge in [0.05, 0.1) is 13.2 Å². The summed E-state index contributed by atoms with van der Waals surface area (Å²) in [6.45, 7) is 5.99. The summed E-state index contributed by atoms with van der Waals surface area (Å²) in [5.74, 6) is -0.393. The van der Waals surface area contributed by atoms with E-state index in [2.05, 4.69) is 10.6 Å². The number of ether oxygens (including phenoxy) is 1. The van der Waals surface area contributed by atoms with Crippen molar-refractivity contribution in [3.8, 4) is 16.9 Å². The second kappa shape index (κ2) is 9.50. The number of likely N-dealkylation sites (N-methyl/N-ethyl adjacent to an activating group) is 1. The molecule has 9 nitrogen and oxygen atoms in total. The molecule has 0 aliphatic carbocycles. The van der Waals surface area contributed by atoms with Crippen molar-refractivity contribution in [2.45, 2.75) is 45.4 Å². The normalized spacial score (nSPS) is 22.9. The smallest absolute Gasteiger partial charge is 0.318 e. The van der Waals surface area contributed by atoms with E-state index in [0.29, 0.717) is 30.1 Å². The van der Waals surface area contributed by atoms with E-state index in [1.165, 1.54) is 4.90 Å². The number of nitrogens with zero attached hydrogens (tertiary/aromatic N) is 2. The maximum Gasteiger partial charge on any atom is 0.318 e. The minimum Gasteiger partial charge on any atom is -0.497 e. The van der Waals surface area contributed by atoms with E-state index in [-0.39, 0.29) is 36.1 Å². The molecule has 34 heavy (non-hydrogen) atoms. The van der Waals surface area contributed by atoms with Crippen LogP contribution in [-0.4, -0.2) is 58.9 Å². The second-order valence-corrected chi connectivity index (χ2v) is 9.13. The summed E-state index contributed by atoms with van der Waals surface area (Å²) in [4.78, 5) is 41.3. The van der Waals surface area contributed by atoms with Crippen LogP contribution in [0.2, 0.25) is 0 Å². The molecule has 2 aromatic rings. The second-order valence-electron chi connectivity index (χ2n) is 9.13. The number of likely N-dealkylation sites (tertiary alicyclic amines) is 1. The molecular formula is C25H32N4O5. The molecule has 182 valence electrons. The van der Waals surface area contributed by atoms with Crippen molar-refractivity contribution in [1.82, 2.24) is 20.1 Å². The Morgan fingerprint density at radius 3 is 2.65 bits per heavy atom. The number of benzene rings is 1. The molecule has 1 fully saturated rings. The van der Waals surface area contributed by atoms with Crippen molar-refractivity contribution in [3.63, 3.8) is 0 Å². The molecule has 3 heterocycles. The fraction of sp³-hybridized carbons (Fsp3) is 0.480.